The fourth-order valence-electron chi connectivity index (χ4n) is 3.24. The minimum atomic E-state index is -3.39. The van der Waals surface area contributed by atoms with Crippen molar-refractivity contribution >= 4 is 36.6 Å². The third kappa shape index (κ3) is 7.15. The van der Waals surface area contributed by atoms with Gasteiger partial charge in [-0.05, 0) is 56.2 Å². The minimum Gasteiger partial charge on any atom is -0.480 e. The van der Waals surface area contributed by atoms with E-state index in [1.807, 2.05) is 0 Å². The molecule has 0 fully saturated rings. The molecule has 0 saturated carbocycles. The zero-order valence-electron chi connectivity index (χ0n) is 18.0. The minimum absolute atomic E-state index is 0.0160. The maximum absolute atomic E-state index is 12.9. The van der Waals surface area contributed by atoms with E-state index in [0.717, 1.165) is 0 Å². The van der Waals surface area contributed by atoms with Crippen LogP contribution in [0.25, 0.3) is 0 Å². The molecule has 174 valence electrons. The molecule has 0 aromatic heterocycles. The van der Waals surface area contributed by atoms with Gasteiger partial charge in [0.05, 0.1) is 19.4 Å². The van der Waals surface area contributed by atoms with Crippen LogP contribution in [0.3, 0.4) is 0 Å². The monoisotopic (exact) mass is 482 g/mol. The topological polar surface area (TPSA) is 128 Å². The van der Waals surface area contributed by atoms with Gasteiger partial charge in [-0.25, -0.2) is 0 Å². The molecule has 2 aromatic rings. The number of benzene rings is 2. The zero-order valence-corrected chi connectivity index (χ0v) is 19.6. The van der Waals surface area contributed by atoms with E-state index in [2.05, 4.69) is 5.32 Å². The van der Waals surface area contributed by atoms with E-state index >= 15 is 0 Å². The average Bonchev–Trinajstić information content (AvgIpc) is 2.75. The number of carboxylic acids is 1. The number of carboxylic acid groups (broad SMARTS) is 1. The third-order valence-electron chi connectivity index (χ3n) is 4.72. The van der Waals surface area contributed by atoms with Crippen LogP contribution in [-0.4, -0.2) is 42.3 Å². The van der Waals surface area contributed by atoms with Crippen molar-refractivity contribution in [2.75, 3.05) is 25.1 Å². The molecule has 0 amide bonds. The van der Waals surface area contributed by atoms with Crippen LogP contribution in [0, 0.1) is 0 Å². The molecule has 0 radical (unpaired) electrons. The summed E-state index contributed by atoms with van der Waals surface area (Å²) in [7, 11) is -3.39. The predicted octanol–water partition coefficient (Wildman–Crippen LogP) is 4.55. The highest BCUT2D eigenvalue weighted by atomic mass is 35.5. The Kier molecular flexibility index (Phi) is 9.87. The molecule has 0 saturated heterocycles. The van der Waals surface area contributed by atoms with Gasteiger partial charge in [0.15, 0.2) is 11.8 Å². The Morgan fingerprint density at radius 2 is 1.69 bits per heavy atom. The van der Waals surface area contributed by atoms with E-state index in [0.29, 0.717) is 16.3 Å². The molecule has 0 spiro atoms. The van der Waals surface area contributed by atoms with Gasteiger partial charge in [0.25, 0.3) is 0 Å². The Hall–Kier alpha value is -2.22. The van der Waals surface area contributed by atoms with E-state index in [1.54, 1.807) is 38.1 Å². The van der Waals surface area contributed by atoms with E-state index in [4.69, 9.17) is 26.4 Å². The summed E-state index contributed by atoms with van der Waals surface area (Å²) >= 11 is 5.87. The summed E-state index contributed by atoms with van der Waals surface area (Å²) in [5.74, 6) is -1.98. The van der Waals surface area contributed by atoms with Gasteiger partial charge in [-0.15, -0.1) is 0 Å². The third-order valence-corrected chi connectivity index (χ3v) is 7.08. The number of nitrogens with two attached hydrogens (primary N) is 1. The molecule has 2 rings (SSSR count). The molecule has 2 atom stereocenters. The molecular weight excluding hydrogens is 455 g/mol. The zero-order chi connectivity index (χ0) is 23.7. The molecular formula is C22H28ClN2O6P. The Morgan fingerprint density at radius 3 is 2.22 bits per heavy atom. The summed E-state index contributed by atoms with van der Waals surface area (Å²) in [6.45, 7) is 3.83. The van der Waals surface area contributed by atoms with Crippen LogP contribution in [0.2, 0.25) is 5.02 Å². The first-order valence-electron chi connectivity index (χ1n) is 10.2. The lowest BCUT2D eigenvalue weighted by Crippen LogP contribution is -2.45. The smallest absolute Gasteiger partial charge is 0.330 e. The largest absolute Gasteiger partial charge is 0.480 e. The van der Waals surface area contributed by atoms with Crippen molar-refractivity contribution in [3.8, 4) is 0 Å². The number of carbonyl (C=O) groups excluding carboxylic acids is 1. The Bertz CT molecular complexity index is 959. The molecule has 0 aliphatic rings. The lowest BCUT2D eigenvalue weighted by atomic mass is 9.98. The van der Waals surface area contributed by atoms with Gasteiger partial charge in [-0.3, -0.25) is 19.5 Å². The van der Waals surface area contributed by atoms with Gasteiger partial charge in [0.2, 0.25) is 0 Å². The highest BCUT2D eigenvalue weighted by molar-refractivity contribution is 7.53. The first-order valence-corrected chi connectivity index (χ1v) is 12.3. The molecule has 32 heavy (non-hydrogen) atoms. The first-order chi connectivity index (χ1) is 15.2. The standard InChI is InChI=1S/C22H28ClN2O6P/c1-3-30-32(29,31-4-2)14-13-19(17-7-5-6-8-18(17)24)25-20(22(27)28)21(26)15-9-11-16(23)12-10-15/h5-12,19-20,25H,3-4,13-14,24H2,1-2H3,(H,27,28). The number of halogens is 1. The second-order valence-corrected chi connectivity index (χ2v) is 9.57. The molecule has 2 aromatic carbocycles. The molecule has 0 aliphatic carbocycles. The first kappa shape index (κ1) is 26.0. The second-order valence-electron chi connectivity index (χ2n) is 6.95. The van der Waals surface area contributed by atoms with Gasteiger partial charge in [0.1, 0.15) is 0 Å². The van der Waals surface area contributed by atoms with Crippen LogP contribution in [0.15, 0.2) is 48.5 Å². The van der Waals surface area contributed by atoms with Gasteiger partial charge in [-0.2, -0.15) is 0 Å². The van der Waals surface area contributed by atoms with Gasteiger partial charge >= 0.3 is 13.6 Å². The van der Waals surface area contributed by atoms with Crippen LogP contribution in [0.1, 0.15) is 42.2 Å². The van der Waals surface area contributed by atoms with Crippen molar-refractivity contribution < 1.29 is 28.3 Å². The molecule has 10 heteroatoms. The summed E-state index contributed by atoms with van der Waals surface area (Å²) in [4.78, 5) is 24.9. The summed E-state index contributed by atoms with van der Waals surface area (Å²) in [5, 5.41) is 13.1. The van der Waals surface area contributed by atoms with Crippen LogP contribution in [0.4, 0.5) is 5.69 Å². The van der Waals surface area contributed by atoms with E-state index in [1.165, 1.54) is 24.3 Å². The number of anilines is 1. The van der Waals surface area contributed by atoms with E-state index in [9.17, 15) is 19.3 Å². The number of para-hydroxylation sites is 1. The molecule has 0 heterocycles. The number of aliphatic carboxylic acids is 1. The SMILES string of the molecule is CCOP(=O)(CCC(NC(C(=O)O)C(=O)c1ccc(Cl)cc1)c1ccccc1N)OCC. The summed E-state index contributed by atoms with van der Waals surface area (Å²) < 4.78 is 23.6. The van der Waals surface area contributed by atoms with Crippen molar-refractivity contribution in [2.45, 2.75) is 32.4 Å². The quantitative estimate of drug-likeness (QED) is 0.164. The number of Topliss-reactive ketones (excluding diaryl/α,β-unsaturated/α-hetero) is 1. The average molecular weight is 483 g/mol. The predicted molar refractivity (Wildman–Crippen MR) is 124 cm³/mol. The molecule has 2 unspecified atom stereocenters. The van der Waals surface area contributed by atoms with Gasteiger partial charge < -0.3 is 19.9 Å². The van der Waals surface area contributed by atoms with Crippen LogP contribution in [-0.2, 0) is 18.4 Å². The van der Waals surface area contributed by atoms with Crippen molar-refractivity contribution in [2.24, 2.45) is 0 Å². The van der Waals surface area contributed by atoms with Crippen LogP contribution < -0.4 is 11.1 Å². The Morgan fingerprint density at radius 1 is 1.09 bits per heavy atom. The summed E-state index contributed by atoms with van der Waals surface area (Å²) in [5.41, 5.74) is 7.31. The number of nitrogens with one attached hydrogen (secondary N) is 1. The summed E-state index contributed by atoms with van der Waals surface area (Å²) in [6, 6.07) is 10.6. The van der Waals surface area contributed by atoms with Crippen molar-refractivity contribution in [3.05, 3.63) is 64.7 Å². The molecule has 4 N–H and O–H groups in total. The lowest BCUT2D eigenvalue weighted by molar-refractivity contribution is -0.138. The van der Waals surface area contributed by atoms with Crippen LogP contribution in [0.5, 0.6) is 0 Å². The highest BCUT2D eigenvalue weighted by Gasteiger charge is 2.33. The summed E-state index contributed by atoms with van der Waals surface area (Å²) in [6.07, 6.45) is 0.186. The second kappa shape index (κ2) is 12.1. The normalized spacial score (nSPS) is 13.5. The van der Waals surface area contributed by atoms with E-state index in [-0.39, 0.29) is 31.4 Å². The number of nitrogen functional groups attached to an aromatic ring is 1. The van der Waals surface area contributed by atoms with E-state index < -0.39 is 31.4 Å². The number of carbonyl (C=O) groups is 2. The van der Waals surface area contributed by atoms with Crippen molar-refractivity contribution in [1.29, 1.82) is 0 Å². The van der Waals surface area contributed by atoms with Gasteiger partial charge in [0, 0.05) is 22.3 Å². The van der Waals surface area contributed by atoms with Crippen molar-refractivity contribution in [1.82, 2.24) is 5.32 Å². The Labute approximate surface area is 192 Å². The number of hydrogen-bond acceptors (Lipinski definition) is 7. The maximum atomic E-state index is 12.9. The lowest BCUT2D eigenvalue weighted by Gasteiger charge is -2.26. The fraction of sp³-hybridized carbons (Fsp3) is 0.364. The molecule has 0 bridgehead atoms. The van der Waals surface area contributed by atoms with Gasteiger partial charge in [-0.1, -0.05) is 29.8 Å². The number of ketones is 1. The van der Waals surface area contributed by atoms with Crippen molar-refractivity contribution in [3.63, 3.8) is 0 Å². The number of rotatable bonds is 13. The molecule has 8 nitrogen and oxygen atoms in total. The fourth-order valence-corrected chi connectivity index (χ4v) is 5.06. The number of hydrogen-bond donors (Lipinski definition) is 3. The van der Waals surface area contributed by atoms with Crippen LogP contribution >= 0.6 is 19.2 Å². The Balaban J connectivity index is 2.34. The maximum Gasteiger partial charge on any atom is 0.330 e. The highest BCUT2D eigenvalue weighted by Crippen LogP contribution is 2.49. The molecule has 0 aliphatic heterocycles.